The number of ether oxygens (including phenoxy) is 1. The average molecular weight is 435 g/mol. The molecule has 3 aromatic rings. The van der Waals surface area contributed by atoms with Crippen LogP contribution in [0.5, 0.6) is 5.75 Å². The van der Waals surface area contributed by atoms with Crippen LogP contribution in [0.25, 0.3) is 0 Å². The Morgan fingerprint density at radius 1 is 1.25 bits per heavy atom. The zero-order valence-electron chi connectivity index (χ0n) is 18.6. The maximum Gasteiger partial charge on any atom is 0.358 e. The van der Waals surface area contributed by atoms with Gasteiger partial charge in [0.25, 0.3) is 5.56 Å². The van der Waals surface area contributed by atoms with Gasteiger partial charge in [0.05, 0.1) is 24.9 Å². The van der Waals surface area contributed by atoms with Crippen molar-refractivity contribution in [2.24, 2.45) is 7.05 Å². The minimum Gasteiger partial charge on any atom is -0.489 e. The summed E-state index contributed by atoms with van der Waals surface area (Å²) in [5.74, 6) is -2.22. The molecule has 166 valence electrons. The number of aryl methyl sites for hydroxylation is 1. The molecule has 0 saturated carbocycles. The van der Waals surface area contributed by atoms with Crippen LogP contribution in [0.3, 0.4) is 0 Å². The van der Waals surface area contributed by atoms with Gasteiger partial charge >= 0.3 is 5.97 Å². The third kappa shape index (κ3) is 3.99. The van der Waals surface area contributed by atoms with E-state index in [0.717, 1.165) is 11.1 Å². The van der Waals surface area contributed by atoms with Gasteiger partial charge in [-0.25, -0.2) is 9.78 Å². The van der Waals surface area contributed by atoms with Crippen molar-refractivity contribution in [1.82, 2.24) is 19.3 Å². The second-order valence-electron chi connectivity index (χ2n) is 7.84. The molecule has 2 heterocycles. The van der Waals surface area contributed by atoms with Gasteiger partial charge in [0.1, 0.15) is 5.82 Å². The first-order chi connectivity index (χ1) is 15.2. The molecule has 0 saturated heterocycles. The monoisotopic (exact) mass is 435 g/mol. The van der Waals surface area contributed by atoms with E-state index < -0.39 is 29.1 Å². The van der Waals surface area contributed by atoms with E-state index in [1.54, 1.807) is 30.1 Å². The molecule has 0 radical (unpaired) electrons. The fraction of sp³-hybridized carbons (Fsp3) is 0.348. The predicted octanol–water partition coefficient (Wildman–Crippen LogP) is 3.07. The second-order valence-corrected chi connectivity index (χ2v) is 7.84. The van der Waals surface area contributed by atoms with Crippen molar-refractivity contribution < 1.29 is 14.6 Å². The third-order valence-electron chi connectivity index (χ3n) is 5.43. The Balaban J connectivity index is 2.34. The number of rotatable bonds is 7. The van der Waals surface area contributed by atoms with E-state index in [2.05, 4.69) is 16.2 Å². The number of aromatic nitrogens is 4. The zero-order chi connectivity index (χ0) is 23.6. The first kappa shape index (κ1) is 22.7. The Bertz CT molecular complexity index is 1250. The SMILES string of the molecule is COc1c(C(=O)O)nc(C(C)C(c2cnn(C)c2)c2ccccc2C#N)n(C(C)C)c1=O. The van der Waals surface area contributed by atoms with Gasteiger partial charge in [0.15, 0.2) is 5.69 Å². The summed E-state index contributed by atoms with van der Waals surface area (Å²) in [7, 11) is 3.04. The summed E-state index contributed by atoms with van der Waals surface area (Å²) in [6.07, 6.45) is 3.55. The minimum absolute atomic E-state index is 0.296. The number of carboxylic acid groups (broad SMARTS) is 1. The number of benzene rings is 1. The van der Waals surface area contributed by atoms with Crippen molar-refractivity contribution in [3.8, 4) is 11.8 Å². The number of hydrogen-bond donors (Lipinski definition) is 1. The highest BCUT2D eigenvalue weighted by Crippen LogP contribution is 2.39. The molecular formula is C23H25N5O4. The van der Waals surface area contributed by atoms with E-state index in [0.29, 0.717) is 11.4 Å². The van der Waals surface area contributed by atoms with Crippen LogP contribution in [0.1, 0.15) is 71.7 Å². The van der Waals surface area contributed by atoms with Crippen molar-refractivity contribution in [2.75, 3.05) is 7.11 Å². The maximum absolute atomic E-state index is 13.2. The number of hydrogen-bond acceptors (Lipinski definition) is 6. The number of methoxy groups -OCH3 is 1. The highest BCUT2D eigenvalue weighted by Gasteiger charge is 2.32. The molecule has 9 heteroatoms. The normalized spacial score (nSPS) is 12.9. The molecule has 3 rings (SSSR count). The Morgan fingerprint density at radius 2 is 1.94 bits per heavy atom. The van der Waals surface area contributed by atoms with Crippen LogP contribution in [0.15, 0.2) is 41.5 Å². The van der Waals surface area contributed by atoms with E-state index >= 15 is 0 Å². The van der Waals surface area contributed by atoms with Crippen LogP contribution in [0.2, 0.25) is 0 Å². The van der Waals surface area contributed by atoms with Crippen LogP contribution in [-0.4, -0.2) is 37.5 Å². The largest absolute Gasteiger partial charge is 0.489 e. The molecule has 9 nitrogen and oxygen atoms in total. The van der Waals surface area contributed by atoms with Gasteiger partial charge in [0.2, 0.25) is 5.75 Å². The number of carbonyl (C=O) groups is 1. The molecule has 0 aliphatic heterocycles. The molecule has 0 aliphatic carbocycles. The summed E-state index contributed by atoms with van der Waals surface area (Å²) < 4.78 is 8.21. The molecular weight excluding hydrogens is 410 g/mol. The second kappa shape index (κ2) is 9.06. The first-order valence-corrected chi connectivity index (χ1v) is 10.1. The summed E-state index contributed by atoms with van der Waals surface area (Å²) in [5.41, 5.74) is 1.05. The van der Waals surface area contributed by atoms with Crippen molar-refractivity contribution >= 4 is 5.97 Å². The fourth-order valence-electron chi connectivity index (χ4n) is 4.04. The van der Waals surface area contributed by atoms with Gasteiger partial charge in [-0.2, -0.15) is 10.4 Å². The highest BCUT2D eigenvalue weighted by atomic mass is 16.5. The van der Waals surface area contributed by atoms with Gasteiger partial charge < -0.3 is 9.84 Å². The Hall–Kier alpha value is -3.93. The lowest BCUT2D eigenvalue weighted by Gasteiger charge is -2.28. The van der Waals surface area contributed by atoms with Gasteiger partial charge in [-0.05, 0) is 31.0 Å². The van der Waals surface area contributed by atoms with E-state index in [4.69, 9.17) is 4.74 Å². The van der Waals surface area contributed by atoms with Crippen LogP contribution < -0.4 is 10.3 Å². The smallest absolute Gasteiger partial charge is 0.358 e. The highest BCUT2D eigenvalue weighted by molar-refractivity contribution is 5.88. The summed E-state index contributed by atoms with van der Waals surface area (Å²) in [6.45, 7) is 5.51. The third-order valence-corrected chi connectivity index (χ3v) is 5.43. The topological polar surface area (TPSA) is 123 Å². The number of nitrogens with zero attached hydrogens (tertiary/aromatic N) is 5. The zero-order valence-corrected chi connectivity index (χ0v) is 18.6. The predicted molar refractivity (Wildman–Crippen MR) is 117 cm³/mol. The van der Waals surface area contributed by atoms with Crippen LogP contribution in [0.4, 0.5) is 0 Å². The Kier molecular flexibility index (Phi) is 6.44. The molecule has 0 bridgehead atoms. The Labute approximate surface area is 185 Å². The molecule has 0 spiro atoms. The maximum atomic E-state index is 13.2. The molecule has 32 heavy (non-hydrogen) atoms. The van der Waals surface area contributed by atoms with Gasteiger partial charge in [-0.1, -0.05) is 25.1 Å². The van der Waals surface area contributed by atoms with E-state index in [1.165, 1.54) is 11.7 Å². The van der Waals surface area contributed by atoms with Crippen molar-refractivity contribution in [1.29, 1.82) is 5.26 Å². The molecule has 0 fully saturated rings. The molecule has 0 amide bonds. The van der Waals surface area contributed by atoms with E-state index in [9.17, 15) is 20.0 Å². The lowest BCUT2D eigenvalue weighted by Crippen LogP contribution is -2.32. The van der Waals surface area contributed by atoms with Crippen LogP contribution >= 0.6 is 0 Å². The molecule has 1 aromatic carbocycles. The summed E-state index contributed by atoms with van der Waals surface area (Å²) in [4.78, 5) is 29.4. The average Bonchev–Trinajstić information content (AvgIpc) is 3.18. The van der Waals surface area contributed by atoms with Crippen molar-refractivity contribution in [3.63, 3.8) is 0 Å². The minimum atomic E-state index is -1.35. The molecule has 1 N–H and O–H groups in total. The van der Waals surface area contributed by atoms with Crippen LogP contribution in [-0.2, 0) is 7.05 Å². The molecule has 2 aromatic heterocycles. The molecule has 2 atom stereocenters. The van der Waals surface area contributed by atoms with Gasteiger partial charge in [0, 0.05) is 31.1 Å². The lowest BCUT2D eigenvalue weighted by molar-refractivity contribution is 0.0684. The Morgan fingerprint density at radius 3 is 2.47 bits per heavy atom. The van der Waals surface area contributed by atoms with Crippen molar-refractivity contribution in [2.45, 2.75) is 38.6 Å². The van der Waals surface area contributed by atoms with Gasteiger partial charge in [-0.3, -0.25) is 14.0 Å². The fourth-order valence-corrected chi connectivity index (χ4v) is 4.04. The van der Waals surface area contributed by atoms with E-state index in [-0.39, 0.29) is 11.8 Å². The number of nitriles is 1. The van der Waals surface area contributed by atoms with Crippen molar-refractivity contribution in [3.05, 3.63) is 75.2 Å². The van der Waals surface area contributed by atoms with E-state index in [1.807, 2.05) is 39.1 Å². The summed E-state index contributed by atoms with van der Waals surface area (Å²) in [5, 5.41) is 23.6. The number of carboxylic acids is 1. The summed E-state index contributed by atoms with van der Waals surface area (Å²) in [6, 6.07) is 9.13. The molecule has 0 aliphatic rings. The van der Waals surface area contributed by atoms with Gasteiger partial charge in [-0.15, -0.1) is 0 Å². The summed E-state index contributed by atoms with van der Waals surface area (Å²) >= 11 is 0. The van der Waals surface area contributed by atoms with Crippen LogP contribution in [0, 0.1) is 11.3 Å². The first-order valence-electron chi connectivity index (χ1n) is 10.1. The molecule has 2 unspecified atom stereocenters. The quantitative estimate of drug-likeness (QED) is 0.605. The standard InChI is InChI=1S/C23H25N5O4/c1-13(2)28-21(26-19(23(30)31)20(32-5)22(28)29)14(3)18(16-11-25-27(4)12-16)17-9-7-6-8-15(17)10-24/h6-9,11-14,18H,1-5H3,(H,30,31). The number of aromatic carboxylic acids is 1. The lowest BCUT2D eigenvalue weighted by atomic mass is 9.80.